The van der Waals surface area contributed by atoms with Crippen LogP contribution in [0.4, 0.5) is 11.6 Å². The molecule has 0 radical (unpaired) electrons. The van der Waals surface area contributed by atoms with Gasteiger partial charge in [0.15, 0.2) is 5.82 Å². The number of rotatable bonds is 4. The summed E-state index contributed by atoms with van der Waals surface area (Å²) in [6, 6.07) is 0. The number of nitrogen functional groups attached to an aromatic ring is 1. The first kappa shape index (κ1) is 14.5. The van der Waals surface area contributed by atoms with Crippen LogP contribution >= 0.6 is 15.9 Å². The van der Waals surface area contributed by atoms with Crippen LogP contribution in [0, 0.1) is 5.92 Å². The minimum absolute atomic E-state index is 0.625. The van der Waals surface area contributed by atoms with Crippen molar-refractivity contribution >= 4 is 27.6 Å². The molecule has 1 fully saturated rings. The molecule has 0 aromatic carbocycles. The number of hydrogen-bond acceptors (Lipinski definition) is 6. The maximum Gasteiger partial charge on any atom is 0.159 e. The first-order valence-electron chi connectivity index (χ1n) is 6.48. The van der Waals surface area contributed by atoms with Crippen molar-refractivity contribution in [3.8, 4) is 0 Å². The molecule has 6 nitrogen and oxygen atoms in total. The normalized spacial score (nSPS) is 17.0. The summed E-state index contributed by atoms with van der Waals surface area (Å²) in [7, 11) is 4.26. The lowest BCUT2D eigenvalue weighted by atomic mass is 9.96. The Bertz CT molecular complexity index is 417. The van der Waals surface area contributed by atoms with E-state index in [1.54, 1.807) is 6.33 Å². The Hall–Kier alpha value is -0.920. The summed E-state index contributed by atoms with van der Waals surface area (Å²) in [4.78, 5) is 13.0. The predicted molar refractivity (Wildman–Crippen MR) is 81.0 cm³/mol. The first-order valence-corrected chi connectivity index (χ1v) is 7.28. The summed E-state index contributed by atoms with van der Waals surface area (Å²) in [6.45, 7) is 3.21. The van der Waals surface area contributed by atoms with Gasteiger partial charge in [-0.25, -0.2) is 15.8 Å². The van der Waals surface area contributed by atoms with Crippen LogP contribution in [0.25, 0.3) is 0 Å². The molecule has 1 saturated heterocycles. The van der Waals surface area contributed by atoms with E-state index in [9.17, 15) is 0 Å². The molecule has 0 atom stereocenters. The highest BCUT2D eigenvalue weighted by Gasteiger charge is 2.22. The van der Waals surface area contributed by atoms with Crippen molar-refractivity contribution in [2.24, 2.45) is 11.8 Å². The smallest absolute Gasteiger partial charge is 0.159 e. The molecule has 0 bridgehead atoms. The standard InChI is InChI=1S/C12H21BrN6/c1-18(2)7-9-3-5-19(6-4-9)12-10(13)11(17-14)15-8-16-12/h8-9H,3-7,14H2,1-2H3,(H,15,16,17). The van der Waals surface area contributed by atoms with Gasteiger partial charge in [-0.3, -0.25) is 0 Å². The van der Waals surface area contributed by atoms with E-state index < -0.39 is 0 Å². The average molecular weight is 329 g/mol. The zero-order chi connectivity index (χ0) is 13.8. The van der Waals surface area contributed by atoms with Crippen LogP contribution in [0.2, 0.25) is 0 Å². The van der Waals surface area contributed by atoms with Crippen LogP contribution in [0.1, 0.15) is 12.8 Å². The molecule has 0 aliphatic carbocycles. The molecule has 7 heteroatoms. The highest BCUT2D eigenvalue weighted by atomic mass is 79.9. The largest absolute Gasteiger partial charge is 0.355 e. The number of nitrogens with one attached hydrogen (secondary N) is 1. The second-order valence-corrected chi connectivity index (χ2v) is 5.99. The molecule has 1 aromatic heterocycles. The molecule has 2 heterocycles. The first-order chi connectivity index (χ1) is 9.11. The highest BCUT2D eigenvalue weighted by Crippen LogP contribution is 2.31. The molecule has 106 valence electrons. The van der Waals surface area contributed by atoms with Gasteiger partial charge in [0.05, 0.1) is 0 Å². The zero-order valence-electron chi connectivity index (χ0n) is 11.4. The van der Waals surface area contributed by atoms with Gasteiger partial charge in [-0.1, -0.05) is 0 Å². The summed E-state index contributed by atoms with van der Waals surface area (Å²) in [6.07, 6.45) is 3.93. The summed E-state index contributed by atoms with van der Waals surface area (Å²) in [5.74, 6) is 7.76. The minimum Gasteiger partial charge on any atom is -0.355 e. The van der Waals surface area contributed by atoms with Gasteiger partial charge in [0, 0.05) is 19.6 Å². The number of hydrazine groups is 1. The third kappa shape index (κ3) is 3.55. The molecule has 0 spiro atoms. The maximum atomic E-state index is 5.43. The fourth-order valence-corrected chi connectivity index (χ4v) is 3.10. The predicted octanol–water partition coefficient (Wildman–Crippen LogP) is 1.30. The lowest BCUT2D eigenvalue weighted by Crippen LogP contribution is -2.37. The summed E-state index contributed by atoms with van der Waals surface area (Å²) in [5.41, 5.74) is 2.58. The van der Waals surface area contributed by atoms with Crippen molar-refractivity contribution in [1.29, 1.82) is 0 Å². The quantitative estimate of drug-likeness (QED) is 0.641. The molecule has 0 saturated carbocycles. The monoisotopic (exact) mass is 328 g/mol. The zero-order valence-corrected chi connectivity index (χ0v) is 13.0. The van der Waals surface area contributed by atoms with E-state index in [1.807, 2.05) is 0 Å². The van der Waals surface area contributed by atoms with Crippen LogP contribution in [0.5, 0.6) is 0 Å². The van der Waals surface area contributed by atoms with Gasteiger partial charge >= 0.3 is 0 Å². The molecule has 1 aromatic rings. The molecular formula is C12H21BrN6. The van der Waals surface area contributed by atoms with Crippen molar-refractivity contribution in [3.63, 3.8) is 0 Å². The Morgan fingerprint density at radius 2 is 2.11 bits per heavy atom. The molecule has 0 amide bonds. The lowest BCUT2D eigenvalue weighted by molar-refractivity contribution is 0.284. The Labute approximate surface area is 122 Å². The van der Waals surface area contributed by atoms with Gasteiger partial charge in [0.1, 0.15) is 16.6 Å². The van der Waals surface area contributed by atoms with E-state index in [0.717, 1.165) is 35.8 Å². The third-order valence-electron chi connectivity index (χ3n) is 3.45. The van der Waals surface area contributed by atoms with E-state index in [-0.39, 0.29) is 0 Å². The van der Waals surface area contributed by atoms with Crippen LogP contribution < -0.4 is 16.2 Å². The number of halogens is 1. The van der Waals surface area contributed by atoms with Crippen molar-refractivity contribution in [2.75, 3.05) is 44.1 Å². The molecule has 3 N–H and O–H groups in total. The van der Waals surface area contributed by atoms with E-state index in [0.29, 0.717) is 5.82 Å². The second kappa shape index (κ2) is 6.49. The number of hydrogen-bond donors (Lipinski definition) is 2. The minimum atomic E-state index is 0.625. The van der Waals surface area contributed by atoms with Gasteiger partial charge in [-0.05, 0) is 48.8 Å². The van der Waals surface area contributed by atoms with Gasteiger partial charge in [0.2, 0.25) is 0 Å². The van der Waals surface area contributed by atoms with Gasteiger partial charge in [-0.2, -0.15) is 0 Å². The van der Waals surface area contributed by atoms with Crippen molar-refractivity contribution in [1.82, 2.24) is 14.9 Å². The van der Waals surface area contributed by atoms with Gasteiger partial charge in [-0.15, -0.1) is 0 Å². The lowest BCUT2D eigenvalue weighted by Gasteiger charge is -2.34. The fourth-order valence-electron chi connectivity index (χ4n) is 2.53. The molecular weight excluding hydrogens is 308 g/mol. The van der Waals surface area contributed by atoms with E-state index in [1.165, 1.54) is 12.8 Å². The second-order valence-electron chi connectivity index (χ2n) is 5.20. The molecule has 0 unspecified atom stereocenters. The highest BCUT2D eigenvalue weighted by molar-refractivity contribution is 9.10. The van der Waals surface area contributed by atoms with Crippen molar-refractivity contribution in [2.45, 2.75) is 12.8 Å². The molecule has 2 rings (SSSR count). The number of anilines is 2. The van der Waals surface area contributed by atoms with Crippen LogP contribution in [-0.4, -0.2) is 48.6 Å². The maximum absolute atomic E-state index is 5.43. The average Bonchev–Trinajstić information content (AvgIpc) is 2.39. The number of nitrogens with zero attached hydrogens (tertiary/aromatic N) is 4. The van der Waals surface area contributed by atoms with E-state index >= 15 is 0 Å². The summed E-state index contributed by atoms with van der Waals surface area (Å²) in [5, 5.41) is 0. The molecule has 1 aliphatic heterocycles. The number of piperidine rings is 1. The number of aromatic nitrogens is 2. The topological polar surface area (TPSA) is 70.3 Å². The van der Waals surface area contributed by atoms with Gasteiger partial charge in [0.25, 0.3) is 0 Å². The van der Waals surface area contributed by atoms with Crippen LogP contribution in [0.15, 0.2) is 10.8 Å². The Kier molecular flexibility index (Phi) is 4.95. The summed E-state index contributed by atoms with van der Waals surface area (Å²) < 4.78 is 0.837. The SMILES string of the molecule is CN(C)CC1CCN(c2ncnc(NN)c2Br)CC1. The van der Waals surface area contributed by atoms with Crippen molar-refractivity contribution in [3.05, 3.63) is 10.8 Å². The van der Waals surface area contributed by atoms with E-state index in [2.05, 4.69) is 55.2 Å². The van der Waals surface area contributed by atoms with Crippen LogP contribution in [-0.2, 0) is 0 Å². The van der Waals surface area contributed by atoms with Crippen LogP contribution in [0.3, 0.4) is 0 Å². The fraction of sp³-hybridized carbons (Fsp3) is 0.667. The Morgan fingerprint density at radius 3 is 2.68 bits per heavy atom. The number of nitrogens with two attached hydrogens (primary N) is 1. The third-order valence-corrected chi connectivity index (χ3v) is 4.18. The van der Waals surface area contributed by atoms with E-state index in [4.69, 9.17) is 5.84 Å². The molecule has 19 heavy (non-hydrogen) atoms. The molecule has 1 aliphatic rings. The Morgan fingerprint density at radius 1 is 1.42 bits per heavy atom. The summed E-state index contributed by atoms with van der Waals surface area (Å²) >= 11 is 3.51. The van der Waals surface area contributed by atoms with Crippen molar-refractivity contribution < 1.29 is 0 Å². The van der Waals surface area contributed by atoms with Gasteiger partial charge < -0.3 is 15.2 Å². The Balaban J connectivity index is 2.01.